The Bertz CT molecular complexity index is 488. The van der Waals surface area contributed by atoms with E-state index < -0.39 is 0 Å². The molecule has 0 radical (unpaired) electrons. The minimum Gasteiger partial charge on any atom is -0.322 e. The van der Waals surface area contributed by atoms with Crippen molar-refractivity contribution in [1.82, 2.24) is 0 Å². The average Bonchev–Trinajstić information content (AvgIpc) is 2.49. The van der Waals surface area contributed by atoms with E-state index in [4.69, 9.17) is 5.73 Å². The summed E-state index contributed by atoms with van der Waals surface area (Å²) < 4.78 is 0. The lowest BCUT2D eigenvalue weighted by atomic mass is 9.87. The van der Waals surface area contributed by atoms with Crippen LogP contribution >= 0.6 is 0 Å². The van der Waals surface area contributed by atoms with Crippen LogP contribution in [0.4, 0.5) is 0 Å². The fourth-order valence-electron chi connectivity index (χ4n) is 2.61. The third-order valence-electron chi connectivity index (χ3n) is 3.94. The molecule has 1 unspecified atom stereocenters. The Morgan fingerprint density at radius 3 is 2.05 bits per heavy atom. The number of aryl methyl sites for hydroxylation is 1. The fraction of sp³-hybridized carbons (Fsp3) is 0.368. The van der Waals surface area contributed by atoms with Crippen molar-refractivity contribution in [2.45, 2.75) is 44.6 Å². The van der Waals surface area contributed by atoms with E-state index in [0.717, 1.165) is 6.42 Å². The molecule has 1 heteroatoms. The molecule has 0 aromatic heterocycles. The molecule has 0 bridgehead atoms. The molecule has 20 heavy (non-hydrogen) atoms. The van der Waals surface area contributed by atoms with Gasteiger partial charge in [-0.05, 0) is 37.3 Å². The van der Waals surface area contributed by atoms with Gasteiger partial charge in [0, 0.05) is 5.54 Å². The van der Waals surface area contributed by atoms with Gasteiger partial charge in [0.1, 0.15) is 0 Å². The number of hydrogen-bond acceptors (Lipinski definition) is 1. The summed E-state index contributed by atoms with van der Waals surface area (Å²) in [7, 11) is 0. The highest BCUT2D eigenvalue weighted by Crippen LogP contribution is 2.24. The molecule has 2 aromatic carbocycles. The standard InChI is InChI=1S/C19H25N/c1-19(20,18-14-8-3-9-15-18)16-10-4-7-13-17-11-5-2-6-12-17/h2-3,5-6,8-9,11-12,14-15H,4,7,10,13,16,20H2,1H3. The van der Waals surface area contributed by atoms with Crippen molar-refractivity contribution in [2.75, 3.05) is 0 Å². The number of hydrogen-bond donors (Lipinski definition) is 1. The van der Waals surface area contributed by atoms with Gasteiger partial charge in [-0.3, -0.25) is 0 Å². The zero-order valence-electron chi connectivity index (χ0n) is 12.4. The number of unbranched alkanes of at least 4 members (excludes halogenated alkanes) is 2. The van der Waals surface area contributed by atoms with Gasteiger partial charge in [0.05, 0.1) is 0 Å². The Balaban J connectivity index is 1.70. The predicted molar refractivity (Wildman–Crippen MR) is 86.6 cm³/mol. The second-order valence-electron chi connectivity index (χ2n) is 5.83. The minimum atomic E-state index is -0.200. The molecule has 0 heterocycles. The summed E-state index contributed by atoms with van der Waals surface area (Å²) in [5, 5.41) is 0. The molecular weight excluding hydrogens is 242 g/mol. The zero-order valence-corrected chi connectivity index (χ0v) is 12.4. The second kappa shape index (κ2) is 7.25. The zero-order chi connectivity index (χ0) is 14.3. The molecule has 1 nitrogen and oxygen atoms in total. The van der Waals surface area contributed by atoms with Crippen LogP contribution in [0.15, 0.2) is 60.7 Å². The molecule has 0 aliphatic carbocycles. The van der Waals surface area contributed by atoms with E-state index in [9.17, 15) is 0 Å². The van der Waals surface area contributed by atoms with Crippen LogP contribution in [0, 0.1) is 0 Å². The van der Waals surface area contributed by atoms with Crippen LogP contribution in [0.2, 0.25) is 0 Å². The van der Waals surface area contributed by atoms with E-state index >= 15 is 0 Å². The molecule has 106 valence electrons. The van der Waals surface area contributed by atoms with Crippen LogP contribution in [0.5, 0.6) is 0 Å². The molecule has 2 rings (SSSR count). The van der Waals surface area contributed by atoms with E-state index in [1.165, 1.54) is 36.8 Å². The molecule has 0 aliphatic rings. The Hall–Kier alpha value is -1.60. The third-order valence-corrected chi connectivity index (χ3v) is 3.94. The first-order valence-corrected chi connectivity index (χ1v) is 7.57. The summed E-state index contributed by atoms with van der Waals surface area (Å²) >= 11 is 0. The van der Waals surface area contributed by atoms with Crippen molar-refractivity contribution in [3.63, 3.8) is 0 Å². The van der Waals surface area contributed by atoms with Gasteiger partial charge in [0.15, 0.2) is 0 Å². The number of nitrogens with two attached hydrogens (primary N) is 1. The minimum absolute atomic E-state index is 0.200. The van der Waals surface area contributed by atoms with E-state index in [1.54, 1.807) is 0 Å². The monoisotopic (exact) mass is 267 g/mol. The predicted octanol–water partition coefficient (Wildman–Crippen LogP) is 4.66. The summed E-state index contributed by atoms with van der Waals surface area (Å²) in [6, 6.07) is 21.1. The molecular formula is C19H25N. The fourth-order valence-corrected chi connectivity index (χ4v) is 2.61. The lowest BCUT2D eigenvalue weighted by molar-refractivity contribution is 0.424. The molecule has 0 saturated heterocycles. The second-order valence-corrected chi connectivity index (χ2v) is 5.83. The van der Waals surface area contributed by atoms with E-state index in [-0.39, 0.29) is 5.54 Å². The normalized spacial score (nSPS) is 13.9. The van der Waals surface area contributed by atoms with Crippen LogP contribution < -0.4 is 5.73 Å². The molecule has 0 aliphatic heterocycles. The largest absolute Gasteiger partial charge is 0.322 e. The van der Waals surface area contributed by atoms with Crippen LogP contribution in [-0.4, -0.2) is 0 Å². The first-order chi connectivity index (χ1) is 9.68. The Morgan fingerprint density at radius 2 is 1.40 bits per heavy atom. The summed E-state index contributed by atoms with van der Waals surface area (Å²) in [5.74, 6) is 0. The van der Waals surface area contributed by atoms with E-state index in [1.807, 2.05) is 6.07 Å². The maximum absolute atomic E-state index is 6.43. The SMILES string of the molecule is CC(N)(CCCCCc1ccccc1)c1ccccc1. The lowest BCUT2D eigenvalue weighted by Crippen LogP contribution is -2.32. The van der Waals surface area contributed by atoms with Gasteiger partial charge in [-0.25, -0.2) is 0 Å². The lowest BCUT2D eigenvalue weighted by Gasteiger charge is -2.25. The summed E-state index contributed by atoms with van der Waals surface area (Å²) in [5.41, 5.74) is 8.91. The van der Waals surface area contributed by atoms with Crippen LogP contribution in [0.1, 0.15) is 43.7 Å². The first-order valence-electron chi connectivity index (χ1n) is 7.57. The van der Waals surface area contributed by atoms with Crippen molar-refractivity contribution >= 4 is 0 Å². The Kier molecular flexibility index (Phi) is 5.37. The summed E-state index contributed by atoms with van der Waals surface area (Å²) in [4.78, 5) is 0. The van der Waals surface area contributed by atoms with Gasteiger partial charge in [0.25, 0.3) is 0 Å². The highest BCUT2D eigenvalue weighted by molar-refractivity contribution is 5.22. The highest BCUT2D eigenvalue weighted by Gasteiger charge is 2.19. The van der Waals surface area contributed by atoms with E-state index in [2.05, 4.69) is 61.5 Å². The third kappa shape index (κ3) is 4.50. The molecule has 0 saturated carbocycles. The molecule has 1 atom stereocenters. The van der Waals surface area contributed by atoms with Gasteiger partial charge in [-0.15, -0.1) is 0 Å². The van der Waals surface area contributed by atoms with Gasteiger partial charge >= 0.3 is 0 Å². The quantitative estimate of drug-likeness (QED) is 0.725. The first kappa shape index (κ1) is 14.8. The Morgan fingerprint density at radius 1 is 0.800 bits per heavy atom. The molecule has 0 spiro atoms. The van der Waals surface area contributed by atoms with Crippen molar-refractivity contribution in [3.8, 4) is 0 Å². The topological polar surface area (TPSA) is 26.0 Å². The summed E-state index contributed by atoms with van der Waals surface area (Å²) in [6.07, 6.45) is 5.90. The number of benzene rings is 2. The van der Waals surface area contributed by atoms with Crippen LogP contribution in [0.25, 0.3) is 0 Å². The van der Waals surface area contributed by atoms with Gasteiger partial charge < -0.3 is 5.73 Å². The summed E-state index contributed by atoms with van der Waals surface area (Å²) in [6.45, 7) is 2.14. The van der Waals surface area contributed by atoms with Gasteiger partial charge in [-0.2, -0.15) is 0 Å². The van der Waals surface area contributed by atoms with Crippen molar-refractivity contribution in [2.24, 2.45) is 5.73 Å². The maximum atomic E-state index is 6.43. The average molecular weight is 267 g/mol. The molecule has 0 amide bonds. The van der Waals surface area contributed by atoms with Crippen molar-refractivity contribution < 1.29 is 0 Å². The van der Waals surface area contributed by atoms with Crippen LogP contribution in [-0.2, 0) is 12.0 Å². The van der Waals surface area contributed by atoms with E-state index in [0.29, 0.717) is 0 Å². The smallest absolute Gasteiger partial charge is 0.0381 e. The van der Waals surface area contributed by atoms with Gasteiger partial charge in [-0.1, -0.05) is 73.5 Å². The molecule has 0 fully saturated rings. The number of rotatable bonds is 7. The van der Waals surface area contributed by atoms with Gasteiger partial charge in [0.2, 0.25) is 0 Å². The molecule has 2 N–H and O–H groups in total. The van der Waals surface area contributed by atoms with Crippen molar-refractivity contribution in [3.05, 3.63) is 71.8 Å². The van der Waals surface area contributed by atoms with Crippen molar-refractivity contribution in [1.29, 1.82) is 0 Å². The maximum Gasteiger partial charge on any atom is 0.0381 e. The Labute approximate surface area is 122 Å². The highest BCUT2D eigenvalue weighted by atomic mass is 14.7. The molecule has 2 aromatic rings. The van der Waals surface area contributed by atoms with Crippen LogP contribution in [0.3, 0.4) is 0 Å².